The van der Waals surface area contributed by atoms with Crippen LogP contribution in [0, 0.1) is 0 Å². The molecule has 0 aliphatic heterocycles. The maximum Gasteiger partial charge on any atom is 0.251 e. The summed E-state index contributed by atoms with van der Waals surface area (Å²) in [5.41, 5.74) is 1.58. The molecule has 1 aromatic heterocycles. The molecule has 164 valence electrons. The molecule has 0 saturated carbocycles. The summed E-state index contributed by atoms with van der Waals surface area (Å²) in [4.78, 5) is 17.0. The first kappa shape index (κ1) is 23.5. The van der Waals surface area contributed by atoms with Crippen molar-refractivity contribution in [3.8, 4) is 0 Å². The van der Waals surface area contributed by atoms with Crippen LogP contribution >= 0.6 is 0 Å². The van der Waals surface area contributed by atoms with Gasteiger partial charge in [-0.05, 0) is 49.6 Å². The molecule has 30 heavy (non-hydrogen) atoms. The van der Waals surface area contributed by atoms with Crippen molar-refractivity contribution in [2.75, 3.05) is 26.3 Å². The lowest BCUT2D eigenvalue weighted by atomic mass is 10.1. The second-order valence-electron chi connectivity index (χ2n) is 6.90. The molecule has 0 saturated heterocycles. The molecule has 0 spiro atoms. The zero-order valence-corrected chi connectivity index (χ0v) is 18.1. The summed E-state index contributed by atoms with van der Waals surface area (Å²) in [7, 11) is 0. The molecule has 7 nitrogen and oxygen atoms in total. The second-order valence-corrected chi connectivity index (χ2v) is 6.90. The summed E-state index contributed by atoms with van der Waals surface area (Å²) >= 11 is 0. The zero-order chi connectivity index (χ0) is 21.4. The third-order valence-electron chi connectivity index (χ3n) is 4.36. The van der Waals surface area contributed by atoms with Crippen LogP contribution in [0.4, 0.5) is 0 Å². The van der Waals surface area contributed by atoms with Crippen LogP contribution in [0.3, 0.4) is 0 Å². The van der Waals surface area contributed by atoms with Gasteiger partial charge >= 0.3 is 0 Å². The van der Waals surface area contributed by atoms with Gasteiger partial charge in [-0.3, -0.25) is 4.79 Å². The summed E-state index contributed by atoms with van der Waals surface area (Å²) < 4.78 is 10.8. The quantitative estimate of drug-likeness (QED) is 0.265. The van der Waals surface area contributed by atoms with Gasteiger partial charge in [0.05, 0.1) is 19.4 Å². The molecule has 2 aromatic rings. The maximum absolute atomic E-state index is 12.4. The van der Waals surface area contributed by atoms with Crippen LogP contribution in [-0.4, -0.2) is 38.2 Å². The molecule has 0 radical (unpaired) electrons. The summed E-state index contributed by atoms with van der Waals surface area (Å²) in [6.07, 6.45) is 4.79. The van der Waals surface area contributed by atoms with Crippen molar-refractivity contribution in [2.24, 2.45) is 4.99 Å². The predicted molar refractivity (Wildman–Crippen MR) is 119 cm³/mol. The maximum atomic E-state index is 12.4. The molecular weight excluding hydrogens is 380 g/mol. The summed E-state index contributed by atoms with van der Waals surface area (Å²) in [5, 5.41) is 9.43. The Hall–Kier alpha value is -2.80. The third-order valence-corrected chi connectivity index (χ3v) is 4.36. The minimum atomic E-state index is -0.134. The number of nitrogens with one attached hydrogen (secondary N) is 3. The molecule has 0 bridgehead atoms. The summed E-state index contributed by atoms with van der Waals surface area (Å²) in [5.74, 6) is 1.35. The monoisotopic (exact) mass is 414 g/mol. The van der Waals surface area contributed by atoms with Gasteiger partial charge in [0.25, 0.3) is 5.91 Å². The van der Waals surface area contributed by atoms with E-state index in [1.807, 2.05) is 31.2 Å². The molecule has 1 amide bonds. The number of carbonyl (C=O) groups is 1. The fourth-order valence-corrected chi connectivity index (χ4v) is 2.74. The number of rotatable bonds is 13. The van der Waals surface area contributed by atoms with Gasteiger partial charge in [-0.25, -0.2) is 4.99 Å². The average molecular weight is 415 g/mol. The first-order valence-electron chi connectivity index (χ1n) is 10.7. The Bertz CT molecular complexity index is 760. The molecule has 0 unspecified atom stereocenters. The minimum absolute atomic E-state index is 0.134. The number of ether oxygens (including phenoxy) is 1. The van der Waals surface area contributed by atoms with Crippen molar-refractivity contribution in [2.45, 2.75) is 46.2 Å². The lowest BCUT2D eigenvalue weighted by Crippen LogP contribution is -2.38. The lowest BCUT2D eigenvalue weighted by Gasteiger charge is -2.11. The molecule has 0 aliphatic rings. The molecule has 0 fully saturated rings. The Balaban J connectivity index is 1.81. The number of aliphatic imine (C=N–C) groups is 1. The van der Waals surface area contributed by atoms with E-state index in [2.05, 4.69) is 27.9 Å². The van der Waals surface area contributed by atoms with Crippen LogP contribution in [0.15, 0.2) is 52.1 Å². The van der Waals surface area contributed by atoms with Crippen molar-refractivity contribution in [1.29, 1.82) is 0 Å². The van der Waals surface area contributed by atoms with E-state index in [1.54, 1.807) is 18.4 Å². The molecule has 0 atom stereocenters. The van der Waals surface area contributed by atoms with Gasteiger partial charge in [-0.2, -0.15) is 0 Å². The number of nitrogens with zero attached hydrogens (tertiary/aromatic N) is 1. The molecule has 3 N–H and O–H groups in total. The zero-order valence-electron chi connectivity index (χ0n) is 18.1. The Morgan fingerprint density at radius 1 is 1.07 bits per heavy atom. The Kier molecular flexibility index (Phi) is 11.1. The largest absolute Gasteiger partial charge is 0.467 e. The van der Waals surface area contributed by atoms with E-state index in [4.69, 9.17) is 9.15 Å². The molecule has 0 aliphatic carbocycles. The van der Waals surface area contributed by atoms with Gasteiger partial charge in [-0.1, -0.05) is 25.5 Å². The fraction of sp³-hybridized carbons (Fsp3) is 0.478. The Labute approximate surface area is 179 Å². The first-order valence-corrected chi connectivity index (χ1v) is 10.7. The molecule has 1 heterocycles. The van der Waals surface area contributed by atoms with Crippen LogP contribution in [-0.2, 0) is 17.8 Å². The van der Waals surface area contributed by atoms with Gasteiger partial charge in [0.1, 0.15) is 5.76 Å². The lowest BCUT2D eigenvalue weighted by molar-refractivity contribution is 0.0948. The number of hydrogen-bond acceptors (Lipinski definition) is 4. The van der Waals surface area contributed by atoms with Gasteiger partial charge in [0.15, 0.2) is 5.96 Å². The SMILES string of the molecule is CCCCOCCCNC(=NCc1cccc(C(=O)NCc2ccco2)c1)NCC. The highest BCUT2D eigenvalue weighted by atomic mass is 16.5. The van der Waals surface area contributed by atoms with E-state index in [9.17, 15) is 4.79 Å². The highest BCUT2D eigenvalue weighted by Crippen LogP contribution is 2.08. The highest BCUT2D eigenvalue weighted by Gasteiger charge is 2.07. The van der Waals surface area contributed by atoms with Crippen molar-refractivity contribution in [1.82, 2.24) is 16.0 Å². The van der Waals surface area contributed by atoms with Crippen molar-refractivity contribution in [3.63, 3.8) is 0 Å². The fourth-order valence-electron chi connectivity index (χ4n) is 2.74. The van der Waals surface area contributed by atoms with Crippen molar-refractivity contribution < 1.29 is 13.9 Å². The van der Waals surface area contributed by atoms with E-state index in [0.29, 0.717) is 18.7 Å². The topological polar surface area (TPSA) is 87.9 Å². The molecule has 1 aromatic carbocycles. The predicted octanol–water partition coefficient (Wildman–Crippen LogP) is 3.47. The van der Waals surface area contributed by atoms with Crippen molar-refractivity contribution >= 4 is 11.9 Å². The van der Waals surface area contributed by atoms with Gasteiger partial charge < -0.3 is 25.1 Å². The van der Waals surface area contributed by atoms with Crippen molar-refractivity contribution in [3.05, 3.63) is 59.5 Å². The standard InChI is InChI=1S/C23H34N4O3/c1-3-5-13-29-14-8-12-25-23(24-4-2)27-17-19-9-6-10-20(16-19)22(28)26-18-21-11-7-15-30-21/h6-7,9-11,15-16H,3-5,8,12-14,17-18H2,1-2H3,(H,26,28)(H2,24,25,27). The van der Waals surface area contributed by atoms with E-state index < -0.39 is 0 Å². The molecule has 2 rings (SSSR count). The van der Waals surface area contributed by atoms with Crippen LogP contribution < -0.4 is 16.0 Å². The third kappa shape index (κ3) is 9.13. The number of unbranched alkanes of at least 4 members (excludes halogenated alkanes) is 1. The summed E-state index contributed by atoms with van der Waals surface area (Å²) in [6.45, 7) is 8.22. The van der Waals surface area contributed by atoms with Crippen LogP contribution in [0.25, 0.3) is 0 Å². The Morgan fingerprint density at radius 2 is 1.93 bits per heavy atom. The number of amides is 1. The molecule has 7 heteroatoms. The smallest absolute Gasteiger partial charge is 0.251 e. The van der Waals surface area contributed by atoms with Crippen LogP contribution in [0.1, 0.15) is 54.8 Å². The van der Waals surface area contributed by atoms with Gasteiger partial charge in [0, 0.05) is 31.9 Å². The second kappa shape index (κ2) is 14.2. The van der Waals surface area contributed by atoms with Gasteiger partial charge in [-0.15, -0.1) is 0 Å². The number of benzene rings is 1. The van der Waals surface area contributed by atoms with E-state index in [0.717, 1.165) is 62.8 Å². The van der Waals surface area contributed by atoms with Gasteiger partial charge in [0.2, 0.25) is 0 Å². The van der Waals surface area contributed by atoms with Crippen LogP contribution in [0.2, 0.25) is 0 Å². The number of furan rings is 1. The summed E-state index contributed by atoms with van der Waals surface area (Å²) in [6, 6.07) is 11.1. The Morgan fingerprint density at radius 3 is 2.70 bits per heavy atom. The number of hydrogen-bond donors (Lipinski definition) is 3. The number of carbonyl (C=O) groups excluding carboxylic acids is 1. The minimum Gasteiger partial charge on any atom is -0.467 e. The first-order chi connectivity index (χ1) is 14.7. The number of guanidine groups is 1. The van der Waals surface area contributed by atoms with E-state index >= 15 is 0 Å². The van der Waals surface area contributed by atoms with E-state index in [1.165, 1.54) is 0 Å². The van der Waals surface area contributed by atoms with E-state index in [-0.39, 0.29) is 5.91 Å². The normalized spacial score (nSPS) is 11.3. The molecular formula is C23H34N4O3. The average Bonchev–Trinajstić information content (AvgIpc) is 3.29. The van der Waals surface area contributed by atoms with Crippen LogP contribution in [0.5, 0.6) is 0 Å². The highest BCUT2D eigenvalue weighted by molar-refractivity contribution is 5.94.